The molecular weight excluding hydrogens is 260 g/mol. The number of carbonyl (C=O) groups excluding carboxylic acids is 1. The van der Waals surface area contributed by atoms with Crippen LogP contribution in [0.1, 0.15) is 34.6 Å². The first-order chi connectivity index (χ1) is 9.35. The largest absolute Gasteiger partial charge is 0.444 e. The molecule has 6 nitrogen and oxygen atoms in total. The van der Waals surface area contributed by atoms with Crippen LogP contribution in [0, 0.1) is 0 Å². The smallest absolute Gasteiger partial charge is 0.410 e. The first-order valence-electron chi connectivity index (χ1n) is 7.33. The van der Waals surface area contributed by atoms with Crippen LogP contribution in [0.4, 0.5) is 4.79 Å². The van der Waals surface area contributed by atoms with Crippen LogP contribution in [0.15, 0.2) is 0 Å². The maximum atomic E-state index is 12.0. The molecule has 6 heteroatoms. The molecule has 0 aromatic heterocycles. The minimum absolute atomic E-state index is 0.100. The number of hydrogen-bond donors (Lipinski definition) is 0. The van der Waals surface area contributed by atoms with E-state index in [4.69, 9.17) is 14.3 Å². The standard InChI is InChI=1S/C14H28N2O4/c1-6-16(7-2)19-11-12-10-15(8-9-18-12)13(17)20-14(3,4)5/h12H,6-11H2,1-5H3. The number of ether oxygens (including phenoxy) is 2. The lowest BCUT2D eigenvalue weighted by atomic mass is 10.2. The summed E-state index contributed by atoms with van der Waals surface area (Å²) in [5, 5.41) is 1.87. The van der Waals surface area contributed by atoms with Crippen molar-refractivity contribution in [3.05, 3.63) is 0 Å². The molecule has 0 aromatic rings. The van der Waals surface area contributed by atoms with Gasteiger partial charge in [-0.3, -0.25) is 4.84 Å². The summed E-state index contributed by atoms with van der Waals surface area (Å²) in [5.41, 5.74) is -0.470. The molecule has 118 valence electrons. The van der Waals surface area contributed by atoms with Crippen molar-refractivity contribution in [1.82, 2.24) is 9.96 Å². The number of carbonyl (C=O) groups is 1. The van der Waals surface area contributed by atoms with Crippen LogP contribution < -0.4 is 0 Å². The number of hydrogen-bond acceptors (Lipinski definition) is 5. The van der Waals surface area contributed by atoms with E-state index in [-0.39, 0.29) is 12.2 Å². The molecule has 0 saturated carbocycles. The van der Waals surface area contributed by atoms with Gasteiger partial charge in [0.15, 0.2) is 0 Å². The number of rotatable bonds is 5. The van der Waals surface area contributed by atoms with Gasteiger partial charge < -0.3 is 14.4 Å². The lowest BCUT2D eigenvalue weighted by Crippen LogP contribution is -2.49. The fourth-order valence-corrected chi connectivity index (χ4v) is 1.91. The Labute approximate surface area is 121 Å². The molecule has 1 heterocycles. The molecule has 1 rings (SSSR count). The molecule has 1 saturated heterocycles. The zero-order chi connectivity index (χ0) is 15.2. The second kappa shape index (κ2) is 7.81. The predicted octanol–water partition coefficient (Wildman–Crippen LogP) is 1.90. The average Bonchev–Trinajstić information content (AvgIpc) is 2.38. The Balaban J connectivity index is 2.40. The maximum absolute atomic E-state index is 12.0. The monoisotopic (exact) mass is 288 g/mol. The van der Waals surface area contributed by atoms with Gasteiger partial charge in [-0.05, 0) is 20.8 Å². The van der Waals surface area contributed by atoms with E-state index in [9.17, 15) is 4.79 Å². The van der Waals surface area contributed by atoms with Gasteiger partial charge in [0, 0.05) is 19.6 Å². The molecule has 1 aliphatic rings. The van der Waals surface area contributed by atoms with E-state index in [0.717, 1.165) is 13.1 Å². The van der Waals surface area contributed by atoms with E-state index in [0.29, 0.717) is 26.3 Å². The third-order valence-corrected chi connectivity index (χ3v) is 2.94. The Morgan fingerprint density at radius 2 is 2.00 bits per heavy atom. The highest BCUT2D eigenvalue weighted by Crippen LogP contribution is 2.13. The second-order valence-corrected chi connectivity index (χ2v) is 5.83. The van der Waals surface area contributed by atoms with E-state index >= 15 is 0 Å². The fraction of sp³-hybridized carbons (Fsp3) is 0.929. The average molecular weight is 288 g/mol. The van der Waals surface area contributed by atoms with E-state index in [2.05, 4.69) is 0 Å². The molecule has 1 unspecified atom stereocenters. The SMILES string of the molecule is CCN(CC)OCC1CN(C(=O)OC(C)(C)C)CCO1. The minimum atomic E-state index is -0.470. The van der Waals surface area contributed by atoms with Crippen molar-refractivity contribution in [2.24, 2.45) is 0 Å². The van der Waals surface area contributed by atoms with Crippen molar-refractivity contribution in [2.75, 3.05) is 39.4 Å². The van der Waals surface area contributed by atoms with Crippen molar-refractivity contribution >= 4 is 6.09 Å². The van der Waals surface area contributed by atoms with Crippen LogP contribution in [0.5, 0.6) is 0 Å². The molecule has 0 N–H and O–H groups in total. The second-order valence-electron chi connectivity index (χ2n) is 5.83. The summed E-state index contributed by atoms with van der Waals surface area (Å²) < 4.78 is 11.0. The van der Waals surface area contributed by atoms with Gasteiger partial charge in [-0.1, -0.05) is 13.8 Å². The number of amides is 1. The van der Waals surface area contributed by atoms with Crippen LogP contribution in [0.25, 0.3) is 0 Å². The first-order valence-corrected chi connectivity index (χ1v) is 7.33. The van der Waals surface area contributed by atoms with Crippen LogP contribution in [-0.4, -0.2) is 67.2 Å². The molecule has 1 aliphatic heterocycles. The topological polar surface area (TPSA) is 51.2 Å². The molecule has 20 heavy (non-hydrogen) atoms. The Morgan fingerprint density at radius 1 is 1.35 bits per heavy atom. The number of hydroxylamine groups is 2. The van der Waals surface area contributed by atoms with Crippen molar-refractivity contribution in [3.8, 4) is 0 Å². The number of morpholine rings is 1. The third kappa shape index (κ3) is 6.07. The summed E-state index contributed by atoms with van der Waals surface area (Å²) in [5.74, 6) is 0. The van der Waals surface area contributed by atoms with Gasteiger partial charge in [0.2, 0.25) is 0 Å². The Bertz CT molecular complexity index is 300. The van der Waals surface area contributed by atoms with Crippen LogP contribution in [0.2, 0.25) is 0 Å². The zero-order valence-corrected chi connectivity index (χ0v) is 13.3. The minimum Gasteiger partial charge on any atom is -0.444 e. The predicted molar refractivity (Wildman–Crippen MR) is 76.4 cm³/mol. The van der Waals surface area contributed by atoms with E-state index < -0.39 is 5.60 Å². The quantitative estimate of drug-likeness (QED) is 0.723. The van der Waals surface area contributed by atoms with E-state index in [1.807, 2.05) is 39.7 Å². The van der Waals surface area contributed by atoms with Crippen molar-refractivity contribution in [1.29, 1.82) is 0 Å². The summed E-state index contributed by atoms with van der Waals surface area (Å²) in [4.78, 5) is 19.3. The van der Waals surface area contributed by atoms with Crippen molar-refractivity contribution in [3.63, 3.8) is 0 Å². The molecule has 0 radical (unpaired) electrons. The third-order valence-electron chi connectivity index (χ3n) is 2.94. The van der Waals surface area contributed by atoms with Gasteiger partial charge in [0.25, 0.3) is 0 Å². The Kier molecular flexibility index (Phi) is 6.71. The summed E-state index contributed by atoms with van der Waals surface area (Å²) in [6.07, 6.45) is -0.384. The summed E-state index contributed by atoms with van der Waals surface area (Å²) >= 11 is 0. The Morgan fingerprint density at radius 3 is 2.55 bits per heavy atom. The number of nitrogens with zero attached hydrogens (tertiary/aromatic N) is 2. The lowest BCUT2D eigenvalue weighted by molar-refractivity contribution is -0.188. The lowest BCUT2D eigenvalue weighted by Gasteiger charge is -2.34. The molecular formula is C14H28N2O4. The summed E-state index contributed by atoms with van der Waals surface area (Å²) in [7, 11) is 0. The summed E-state index contributed by atoms with van der Waals surface area (Å²) in [6.45, 7) is 13.4. The van der Waals surface area contributed by atoms with Gasteiger partial charge in [-0.25, -0.2) is 4.79 Å². The van der Waals surface area contributed by atoms with Crippen LogP contribution >= 0.6 is 0 Å². The molecule has 1 atom stereocenters. The van der Waals surface area contributed by atoms with Gasteiger partial charge in [0.05, 0.1) is 19.8 Å². The van der Waals surface area contributed by atoms with Gasteiger partial charge >= 0.3 is 6.09 Å². The molecule has 0 aliphatic carbocycles. The molecule has 0 bridgehead atoms. The van der Waals surface area contributed by atoms with Crippen LogP contribution in [0.3, 0.4) is 0 Å². The van der Waals surface area contributed by atoms with Crippen LogP contribution in [-0.2, 0) is 14.3 Å². The maximum Gasteiger partial charge on any atom is 0.410 e. The summed E-state index contributed by atoms with van der Waals surface area (Å²) in [6, 6.07) is 0. The highest BCUT2D eigenvalue weighted by molar-refractivity contribution is 5.68. The molecule has 0 aromatic carbocycles. The van der Waals surface area contributed by atoms with Gasteiger partial charge in [0.1, 0.15) is 11.7 Å². The Hall–Kier alpha value is -0.850. The highest BCUT2D eigenvalue weighted by Gasteiger charge is 2.28. The highest BCUT2D eigenvalue weighted by atomic mass is 16.7. The fourth-order valence-electron chi connectivity index (χ4n) is 1.91. The molecule has 0 spiro atoms. The normalized spacial score (nSPS) is 20.3. The van der Waals surface area contributed by atoms with E-state index in [1.54, 1.807) is 4.90 Å². The van der Waals surface area contributed by atoms with Gasteiger partial charge in [-0.15, -0.1) is 0 Å². The molecule has 1 amide bonds. The first kappa shape index (κ1) is 17.2. The molecule has 1 fully saturated rings. The van der Waals surface area contributed by atoms with Gasteiger partial charge in [-0.2, -0.15) is 5.06 Å². The van der Waals surface area contributed by atoms with Crippen molar-refractivity contribution in [2.45, 2.75) is 46.3 Å². The van der Waals surface area contributed by atoms with Crippen molar-refractivity contribution < 1.29 is 19.1 Å². The zero-order valence-electron chi connectivity index (χ0n) is 13.3. The van der Waals surface area contributed by atoms with E-state index in [1.165, 1.54) is 0 Å².